The summed E-state index contributed by atoms with van der Waals surface area (Å²) < 4.78 is 0. The largest absolute Gasteiger partial charge is 0.383 e. The number of hydrogen-bond donors (Lipinski definition) is 1. The van der Waals surface area contributed by atoms with Crippen LogP contribution in [-0.4, -0.2) is 9.91 Å². The molecule has 0 fully saturated rings. The molecule has 1 heterocycles. The van der Waals surface area contributed by atoms with E-state index in [-0.39, 0.29) is 11.5 Å². The van der Waals surface area contributed by atoms with Gasteiger partial charge in [-0.25, -0.2) is 4.98 Å². The van der Waals surface area contributed by atoms with Crippen LogP contribution in [-0.2, 0) is 12.8 Å². The van der Waals surface area contributed by atoms with Crippen molar-refractivity contribution in [2.45, 2.75) is 58.8 Å². The number of nitrogens with two attached hydrogens (primary N) is 1. The first-order valence-electron chi connectivity index (χ1n) is 9.49. The number of benzene rings is 1. The van der Waals surface area contributed by atoms with E-state index in [2.05, 4.69) is 24.9 Å². The van der Waals surface area contributed by atoms with Gasteiger partial charge in [0, 0.05) is 23.4 Å². The Morgan fingerprint density at radius 1 is 1.11 bits per heavy atom. The van der Waals surface area contributed by atoms with E-state index in [0.29, 0.717) is 5.56 Å². The zero-order valence-corrected chi connectivity index (χ0v) is 16.0. The Bertz CT molecular complexity index is 839. The van der Waals surface area contributed by atoms with Crippen molar-refractivity contribution in [3.63, 3.8) is 0 Å². The van der Waals surface area contributed by atoms with Crippen LogP contribution in [0.5, 0.6) is 0 Å². The maximum absolute atomic E-state index is 11.0. The van der Waals surface area contributed by atoms with Crippen LogP contribution in [0.2, 0.25) is 0 Å². The van der Waals surface area contributed by atoms with Gasteiger partial charge in [0.25, 0.3) is 5.69 Å². The maximum Gasteiger partial charge on any atom is 0.269 e. The Labute approximate surface area is 160 Å². The first-order valence-corrected chi connectivity index (χ1v) is 9.49. The van der Waals surface area contributed by atoms with Gasteiger partial charge in [0.1, 0.15) is 17.5 Å². The van der Waals surface area contributed by atoms with Gasteiger partial charge < -0.3 is 5.73 Å². The highest BCUT2D eigenvalue weighted by Crippen LogP contribution is 2.34. The van der Waals surface area contributed by atoms with Crippen LogP contribution in [0, 0.1) is 21.4 Å². The van der Waals surface area contributed by atoms with E-state index in [9.17, 15) is 15.4 Å². The first-order chi connectivity index (χ1) is 13.0. The number of anilines is 1. The molecule has 27 heavy (non-hydrogen) atoms. The number of aromatic nitrogens is 1. The van der Waals surface area contributed by atoms with E-state index < -0.39 is 4.92 Å². The van der Waals surface area contributed by atoms with Crippen molar-refractivity contribution in [3.05, 3.63) is 51.2 Å². The van der Waals surface area contributed by atoms with E-state index in [1.165, 1.54) is 12.1 Å². The van der Waals surface area contributed by atoms with E-state index >= 15 is 0 Å². The number of unbranched alkanes of at least 4 members (excludes halogenated alkanes) is 3. The Kier molecular flexibility index (Phi) is 7.30. The minimum Gasteiger partial charge on any atom is -0.383 e. The molecule has 0 unspecified atom stereocenters. The van der Waals surface area contributed by atoms with Crippen LogP contribution in [0.4, 0.5) is 11.5 Å². The first kappa shape index (κ1) is 20.4. The molecule has 0 bridgehead atoms. The Morgan fingerprint density at radius 3 is 2.33 bits per heavy atom. The van der Waals surface area contributed by atoms with Crippen molar-refractivity contribution < 1.29 is 4.92 Å². The van der Waals surface area contributed by atoms with Gasteiger partial charge in [-0.2, -0.15) is 5.26 Å². The highest BCUT2D eigenvalue weighted by molar-refractivity contribution is 5.79. The second kappa shape index (κ2) is 9.67. The quantitative estimate of drug-likeness (QED) is 0.373. The Hall–Kier alpha value is -2.94. The number of nitrogen functional groups attached to an aromatic ring is 1. The fraction of sp³-hybridized carbons (Fsp3) is 0.429. The molecule has 2 N–H and O–H groups in total. The van der Waals surface area contributed by atoms with Crippen molar-refractivity contribution in [2.75, 3.05) is 5.73 Å². The van der Waals surface area contributed by atoms with E-state index in [4.69, 9.17) is 5.73 Å². The summed E-state index contributed by atoms with van der Waals surface area (Å²) in [6.45, 7) is 4.28. The molecule has 0 radical (unpaired) electrons. The third kappa shape index (κ3) is 4.82. The van der Waals surface area contributed by atoms with Gasteiger partial charge >= 0.3 is 0 Å². The highest BCUT2D eigenvalue weighted by atomic mass is 16.6. The summed E-state index contributed by atoms with van der Waals surface area (Å²) in [4.78, 5) is 15.1. The summed E-state index contributed by atoms with van der Waals surface area (Å²) >= 11 is 0. The summed E-state index contributed by atoms with van der Waals surface area (Å²) in [6.07, 6.45) is 6.90. The standard InChI is InChI=1S/C21H26N4O2/c1-3-5-7-9-19-17(8-6-4-2)20(18(14-22)21(23)24-19)15-10-12-16(13-11-15)25(26)27/h10-13H,3-9H2,1-2H3,(H2,23,24). The summed E-state index contributed by atoms with van der Waals surface area (Å²) in [5.41, 5.74) is 10.0. The Morgan fingerprint density at radius 2 is 1.78 bits per heavy atom. The SMILES string of the molecule is CCCCCc1nc(N)c(C#N)c(-c2ccc([N+](=O)[O-])cc2)c1CCCC. The number of hydrogen-bond acceptors (Lipinski definition) is 5. The van der Waals surface area contributed by atoms with Crippen molar-refractivity contribution in [1.29, 1.82) is 5.26 Å². The van der Waals surface area contributed by atoms with Gasteiger partial charge in [-0.1, -0.05) is 33.1 Å². The summed E-state index contributed by atoms with van der Waals surface area (Å²) in [5, 5.41) is 20.6. The topological polar surface area (TPSA) is 106 Å². The molecular formula is C21H26N4O2. The fourth-order valence-electron chi connectivity index (χ4n) is 3.25. The third-order valence-corrected chi connectivity index (χ3v) is 4.69. The van der Waals surface area contributed by atoms with E-state index in [1.807, 2.05) is 0 Å². The predicted octanol–water partition coefficient (Wildman–Crippen LogP) is 5.19. The van der Waals surface area contributed by atoms with Gasteiger partial charge in [-0.3, -0.25) is 10.1 Å². The van der Waals surface area contributed by atoms with E-state index in [1.54, 1.807) is 12.1 Å². The minimum atomic E-state index is -0.427. The number of nitrogens with zero attached hydrogens (tertiary/aromatic N) is 3. The summed E-state index contributed by atoms with van der Waals surface area (Å²) in [6, 6.07) is 8.51. The number of aryl methyl sites for hydroxylation is 1. The molecule has 0 amide bonds. The lowest BCUT2D eigenvalue weighted by molar-refractivity contribution is -0.384. The van der Waals surface area contributed by atoms with Crippen molar-refractivity contribution >= 4 is 11.5 Å². The lowest BCUT2D eigenvalue weighted by atomic mass is 9.89. The second-order valence-electron chi connectivity index (χ2n) is 6.65. The van der Waals surface area contributed by atoms with Crippen molar-refractivity contribution in [2.24, 2.45) is 0 Å². The number of pyridine rings is 1. The van der Waals surface area contributed by atoms with Crippen LogP contribution in [0.15, 0.2) is 24.3 Å². The zero-order chi connectivity index (χ0) is 19.8. The number of nitro groups is 1. The molecule has 0 aliphatic carbocycles. The molecule has 2 rings (SSSR count). The van der Waals surface area contributed by atoms with Crippen LogP contribution < -0.4 is 5.73 Å². The molecule has 1 aromatic carbocycles. The second-order valence-corrected chi connectivity index (χ2v) is 6.65. The van der Waals surface area contributed by atoms with Crippen molar-refractivity contribution in [3.8, 4) is 17.2 Å². The summed E-state index contributed by atoms with van der Waals surface area (Å²) in [7, 11) is 0. The Balaban J connectivity index is 2.63. The normalized spacial score (nSPS) is 10.6. The molecular weight excluding hydrogens is 340 g/mol. The van der Waals surface area contributed by atoms with Crippen LogP contribution >= 0.6 is 0 Å². The van der Waals surface area contributed by atoms with Crippen LogP contribution in [0.25, 0.3) is 11.1 Å². The molecule has 2 aromatic rings. The van der Waals surface area contributed by atoms with Gasteiger partial charge in [0.2, 0.25) is 0 Å². The molecule has 142 valence electrons. The minimum absolute atomic E-state index is 0.0255. The molecule has 0 saturated carbocycles. The lowest BCUT2D eigenvalue weighted by Crippen LogP contribution is -2.08. The van der Waals surface area contributed by atoms with Gasteiger partial charge in [0.05, 0.1) is 4.92 Å². The zero-order valence-electron chi connectivity index (χ0n) is 16.0. The van der Waals surface area contributed by atoms with Gasteiger partial charge in [-0.15, -0.1) is 0 Å². The third-order valence-electron chi connectivity index (χ3n) is 4.69. The number of nitro benzene ring substituents is 1. The molecule has 1 aromatic heterocycles. The average molecular weight is 366 g/mol. The number of nitriles is 1. The average Bonchev–Trinajstić information content (AvgIpc) is 2.67. The summed E-state index contributed by atoms with van der Waals surface area (Å²) in [5.74, 6) is 0.234. The van der Waals surface area contributed by atoms with Crippen LogP contribution in [0.3, 0.4) is 0 Å². The smallest absolute Gasteiger partial charge is 0.269 e. The lowest BCUT2D eigenvalue weighted by Gasteiger charge is -2.17. The van der Waals surface area contributed by atoms with E-state index in [0.717, 1.165) is 67.3 Å². The predicted molar refractivity (Wildman–Crippen MR) is 107 cm³/mol. The highest BCUT2D eigenvalue weighted by Gasteiger charge is 2.20. The maximum atomic E-state index is 11.0. The molecule has 0 aliphatic heterocycles. The van der Waals surface area contributed by atoms with Crippen LogP contribution in [0.1, 0.15) is 62.8 Å². The molecule has 0 aliphatic rings. The number of rotatable bonds is 9. The van der Waals surface area contributed by atoms with Gasteiger partial charge in [0.15, 0.2) is 0 Å². The molecule has 6 heteroatoms. The molecule has 6 nitrogen and oxygen atoms in total. The monoisotopic (exact) mass is 366 g/mol. The van der Waals surface area contributed by atoms with Gasteiger partial charge in [-0.05, 0) is 48.9 Å². The fourth-order valence-corrected chi connectivity index (χ4v) is 3.25. The molecule has 0 atom stereocenters. The molecule has 0 saturated heterocycles. The van der Waals surface area contributed by atoms with Crippen molar-refractivity contribution in [1.82, 2.24) is 4.98 Å². The molecule has 0 spiro atoms. The number of non-ortho nitro benzene ring substituents is 1.